The number of nitrogens with zero attached hydrogens (tertiary/aromatic N) is 5. The van der Waals surface area contributed by atoms with E-state index in [1.807, 2.05) is 79.0 Å². The number of rotatable bonds is 10. The summed E-state index contributed by atoms with van der Waals surface area (Å²) in [6, 6.07) is 52.2. The normalized spacial score (nSPS) is 14.1. The van der Waals surface area contributed by atoms with Crippen molar-refractivity contribution in [1.29, 1.82) is 0 Å². The fraction of sp³-hybridized carbons (Fsp3) is 0.178. The largest absolute Gasteiger partial charge is 0.458 e. The van der Waals surface area contributed by atoms with E-state index in [-0.39, 0.29) is 38.6 Å². The van der Waals surface area contributed by atoms with Gasteiger partial charge in [0.05, 0.1) is 61.1 Å². The lowest BCUT2D eigenvalue weighted by Gasteiger charge is -2.27. The van der Waals surface area contributed by atoms with Crippen LogP contribution >= 0.6 is 0 Å². The van der Waals surface area contributed by atoms with Crippen molar-refractivity contribution in [2.24, 2.45) is 5.92 Å². The number of aromatic nitrogens is 5. The average Bonchev–Trinajstić information content (AvgIpc) is 1.56. The molecule has 9 aromatic carbocycles. The fourth-order valence-corrected chi connectivity index (χ4v) is 11.2. The van der Waals surface area contributed by atoms with Crippen LogP contribution in [-0.4, -0.2) is 18.7 Å². The van der Waals surface area contributed by atoms with Gasteiger partial charge in [0.2, 0.25) is 0 Å². The molecule has 388 valence electrons. The highest BCUT2D eigenvalue weighted by atomic mass is 16.5. The molecule has 4 heterocycles. The molecule has 0 radical (unpaired) electrons. The first-order chi connectivity index (χ1) is 41.5. The molecule has 0 bridgehead atoms. The van der Waals surface area contributed by atoms with Crippen LogP contribution in [-0.2, 0) is 10.8 Å². The van der Waals surface area contributed by atoms with Crippen LogP contribution in [0.25, 0.3) is 99.8 Å². The molecule has 0 saturated heterocycles. The Bertz CT molecular complexity index is 4860. The van der Waals surface area contributed by atoms with E-state index >= 15 is 0 Å². The summed E-state index contributed by atoms with van der Waals surface area (Å²) < 4.78 is 88.4. The number of fused-ring (bicyclic) bond motifs is 7. The van der Waals surface area contributed by atoms with Crippen LogP contribution in [0.1, 0.15) is 95.9 Å². The van der Waals surface area contributed by atoms with E-state index in [4.69, 9.17) is 15.2 Å². The van der Waals surface area contributed by atoms with Crippen LogP contribution in [0, 0.1) is 12.2 Å². The lowest BCUT2D eigenvalue weighted by molar-refractivity contribution is -0.571. The van der Waals surface area contributed by atoms with Crippen LogP contribution in [0.4, 0.5) is 0 Å². The number of ether oxygens (including phenoxy) is 1. The van der Waals surface area contributed by atoms with E-state index in [9.17, 15) is 5.48 Å². The molecule has 0 N–H and O–H groups in total. The third-order valence-electron chi connectivity index (χ3n) is 15.7. The van der Waals surface area contributed by atoms with Gasteiger partial charge in [0, 0.05) is 39.9 Å². The van der Waals surface area contributed by atoms with Crippen molar-refractivity contribution in [2.45, 2.75) is 79.1 Å². The fourth-order valence-electron chi connectivity index (χ4n) is 11.2. The predicted octanol–water partition coefficient (Wildman–Crippen LogP) is 18.8. The molecule has 0 saturated carbocycles. The summed E-state index contributed by atoms with van der Waals surface area (Å²) in [6.45, 7) is 20.2. The molecule has 79 heavy (non-hydrogen) atoms. The minimum atomic E-state index is -0.515. The van der Waals surface area contributed by atoms with Crippen molar-refractivity contribution < 1.29 is 20.3 Å². The highest BCUT2D eigenvalue weighted by molar-refractivity contribution is 6.16. The minimum absolute atomic E-state index is 0.00281. The summed E-state index contributed by atoms with van der Waals surface area (Å²) in [6.07, 6.45) is 5.66. The number of pyridine rings is 1. The maximum Gasteiger partial charge on any atom is 0.269 e. The van der Waals surface area contributed by atoms with Crippen molar-refractivity contribution in [3.8, 4) is 56.6 Å². The molecule has 13 rings (SSSR count). The smallest absolute Gasteiger partial charge is 0.269 e. The summed E-state index contributed by atoms with van der Waals surface area (Å²) >= 11 is 0. The molecule has 0 aliphatic heterocycles. The van der Waals surface area contributed by atoms with E-state index in [1.54, 1.807) is 10.6 Å². The van der Waals surface area contributed by atoms with Crippen molar-refractivity contribution in [3.63, 3.8) is 0 Å². The third-order valence-corrected chi connectivity index (χ3v) is 15.7. The molecule has 6 nitrogen and oxygen atoms in total. The Kier molecular flexibility index (Phi) is 9.99. The van der Waals surface area contributed by atoms with E-state index < -0.39 is 48.3 Å². The molecule has 1 unspecified atom stereocenters. The summed E-state index contributed by atoms with van der Waals surface area (Å²) in [5.41, 5.74) is 13.0. The minimum Gasteiger partial charge on any atom is -0.458 e. The molecule has 0 aliphatic carbocycles. The van der Waals surface area contributed by atoms with Gasteiger partial charge in [0.25, 0.3) is 6.33 Å². The number of para-hydroxylation sites is 6. The molecular weight excluding hydrogens is 963 g/mol. The molecule has 0 aliphatic rings. The van der Waals surface area contributed by atoms with Crippen LogP contribution in [0.15, 0.2) is 218 Å². The van der Waals surface area contributed by atoms with Gasteiger partial charge in [0.15, 0.2) is 0 Å². The molecule has 1 atom stereocenters. The van der Waals surface area contributed by atoms with Gasteiger partial charge in [-0.15, -0.1) is 0 Å². The number of hydrogen-bond acceptors (Lipinski definition) is 2. The average molecular weight is 1040 g/mol. The van der Waals surface area contributed by atoms with Crippen LogP contribution in [0.5, 0.6) is 11.5 Å². The Labute approximate surface area is 474 Å². The Hall–Kier alpha value is -9.00. The summed E-state index contributed by atoms with van der Waals surface area (Å²) in [5.74, 6) is 1.98. The van der Waals surface area contributed by atoms with Crippen molar-refractivity contribution in [2.75, 3.05) is 0 Å². The Morgan fingerprint density at radius 2 is 1.16 bits per heavy atom. The van der Waals surface area contributed by atoms with Gasteiger partial charge in [-0.3, -0.25) is 13.7 Å². The second-order valence-corrected chi connectivity index (χ2v) is 23.2. The molecule has 6 heteroatoms. The molecule has 4 aromatic heterocycles. The lowest BCUT2D eigenvalue weighted by Crippen LogP contribution is -2.31. The standard InChI is InChI=1S/C73H65N5O/c1-47(2)48(3)50-37-38-74-69(41-50)78-64-34-18-15-29-61(64)70-67(77-62-32-16-13-27-59(62)60-28-14-17-33-63(60)77)44-56(45-68(70)78)79-55-26-21-25-54(43-55)75-46-76(66-36-20-19-35-65(66)75)71-57(49-23-11-10-12-24-49)30-22-31-58(71)51-39-52(72(4,5)6)42-53(40-51)73(7,8)9/h10-45,47-48H,1-9H3/i13D,14D,16D,17D,27D,28D,32D,33D. The topological polar surface area (TPSA) is 40.8 Å². The van der Waals surface area contributed by atoms with Crippen molar-refractivity contribution >= 4 is 54.6 Å². The maximum atomic E-state index is 9.55. The first kappa shape index (κ1) is 41.1. The first-order valence-electron chi connectivity index (χ1n) is 31.1. The van der Waals surface area contributed by atoms with Gasteiger partial charge < -0.3 is 9.30 Å². The Morgan fingerprint density at radius 1 is 0.532 bits per heavy atom. The molecule has 0 fully saturated rings. The zero-order chi connectivity index (χ0) is 61.3. The van der Waals surface area contributed by atoms with Gasteiger partial charge in [0.1, 0.15) is 17.3 Å². The highest BCUT2D eigenvalue weighted by Gasteiger charge is 2.26. The van der Waals surface area contributed by atoms with Gasteiger partial charge in [-0.05, 0) is 110 Å². The molecular formula is C73H65N5O. The maximum absolute atomic E-state index is 9.55. The molecule has 13 aromatic rings. The van der Waals surface area contributed by atoms with Crippen LogP contribution < -0.4 is 9.30 Å². The van der Waals surface area contributed by atoms with E-state index in [0.29, 0.717) is 39.8 Å². The van der Waals surface area contributed by atoms with E-state index in [1.165, 1.54) is 11.1 Å². The summed E-state index contributed by atoms with van der Waals surface area (Å²) in [7, 11) is 0. The van der Waals surface area contributed by atoms with Gasteiger partial charge in [-0.2, -0.15) is 0 Å². The Morgan fingerprint density at radius 3 is 1.86 bits per heavy atom. The second-order valence-electron chi connectivity index (χ2n) is 23.2. The Balaban J connectivity index is 1.05. The number of imidazole rings is 1. The molecule has 0 amide bonds. The molecule has 0 spiro atoms. The zero-order valence-corrected chi connectivity index (χ0v) is 46.0. The van der Waals surface area contributed by atoms with Gasteiger partial charge in [-0.25, -0.2) is 4.98 Å². The van der Waals surface area contributed by atoms with Gasteiger partial charge in [-0.1, -0.05) is 214 Å². The summed E-state index contributed by atoms with van der Waals surface area (Å²) in [4.78, 5) is 5.00. The first-order valence-corrected chi connectivity index (χ1v) is 27.1. The monoisotopic (exact) mass is 1040 g/mol. The third kappa shape index (κ3) is 8.67. The zero-order valence-electron chi connectivity index (χ0n) is 54.0. The number of hydrogen-bond donors (Lipinski definition) is 0. The SMILES string of the molecule is [2H]c1c([2H])c([2H])c2c(c1[2H])c1c([2H])c([2H])c([2H])c([2H])c1n2-c1cc(Oc2cccc(-n3[c-][n+](-c4c(-c5ccccc5)cccc4-c4cc(C(C)(C)C)cc(C(C)(C)C)c4)c4ccccc43)c2)cc2c1c1ccccc1n2-c1cc(C(C)C(C)C)ccn1. The van der Waals surface area contributed by atoms with E-state index in [2.05, 4.69) is 167 Å². The number of benzene rings is 9. The van der Waals surface area contributed by atoms with Crippen LogP contribution in [0.3, 0.4) is 0 Å². The van der Waals surface area contributed by atoms with Crippen molar-refractivity contribution in [3.05, 3.63) is 241 Å². The summed E-state index contributed by atoms with van der Waals surface area (Å²) in [5, 5.41) is 1.38. The second kappa shape index (κ2) is 19.2. The predicted molar refractivity (Wildman–Crippen MR) is 328 cm³/mol. The quantitative estimate of drug-likeness (QED) is 0.101. The highest BCUT2D eigenvalue weighted by Crippen LogP contribution is 2.44. The van der Waals surface area contributed by atoms with Crippen LogP contribution in [0.2, 0.25) is 0 Å². The lowest BCUT2D eigenvalue weighted by atomic mass is 9.78. The van der Waals surface area contributed by atoms with E-state index in [0.717, 1.165) is 61.1 Å². The van der Waals surface area contributed by atoms with Crippen molar-refractivity contribution in [1.82, 2.24) is 18.7 Å². The van der Waals surface area contributed by atoms with Gasteiger partial charge >= 0.3 is 0 Å².